The second-order valence-corrected chi connectivity index (χ2v) is 4.10. The summed E-state index contributed by atoms with van der Waals surface area (Å²) in [5, 5.41) is 0.860. The molecular formula is C7H12OS. The first-order valence-electron chi connectivity index (χ1n) is 3.70. The molecule has 1 saturated heterocycles. The minimum Gasteiger partial charge on any atom is -0.376 e. The fraction of sp³-hybridized carbons (Fsp3) is 1.00. The first kappa shape index (κ1) is 6.05. The first-order valence-corrected chi connectivity index (χ1v) is 4.75. The molecule has 1 aliphatic heterocycles. The van der Waals surface area contributed by atoms with Crippen LogP contribution in [0, 0.1) is 0 Å². The summed E-state index contributed by atoms with van der Waals surface area (Å²) in [6, 6.07) is 0. The molecule has 0 spiro atoms. The van der Waals surface area contributed by atoms with Gasteiger partial charge in [-0.3, -0.25) is 0 Å². The van der Waals surface area contributed by atoms with E-state index in [0.717, 1.165) is 11.9 Å². The van der Waals surface area contributed by atoms with E-state index in [9.17, 15) is 0 Å². The van der Waals surface area contributed by atoms with Crippen LogP contribution in [0.4, 0.5) is 0 Å². The third kappa shape index (κ3) is 1.10. The highest BCUT2D eigenvalue weighted by Gasteiger charge is 2.30. The number of thioether (sulfide) groups is 1. The highest BCUT2D eigenvalue weighted by Crippen LogP contribution is 2.34. The van der Waals surface area contributed by atoms with Crippen LogP contribution in [-0.2, 0) is 4.74 Å². The molecule has 2 aliphatic rings. The van der Waals surface area contributed by atoms with Crippen molar-refractivity contribution < 1.29 is 4.74 Å². The van der Waals surface area contributed by atoms with Gasteiger partial charge >= 0.3 is 0 Å². The molecule has 0 aromatic rings. The molecule has 2 heteroatoms. The monoisotopic (exact) mass is 144 g/mol. The molecule has 0 radical (unpaired) electrons. The van der Waals surface area contributed by atoms with Crippen LogP contribution in [-0.4, -0.2) is 23.7 Å². The number of rotatable bonds is 0. The fourth-order valence-electron chi connectivity index (χ4n) is 1.67. The normalized spacial score (nSPS) is 42.7. The Balaban J connectivity index is 1.97. The van der Waals surface area contributed by atoms with Crippen LogP contribution >= 0.6 is 11.8 Å². The molecular weight excluding hydrogens is 132 g/mol. The lowest BCUT2D eigenvalue weighted by Gasteiger charge is -2.24. The highest BCUT2D eigenvalue weighted by molar-refractivity contribution is 8.00. The molecule has 9 heavy (non-hydrogen) atoms. The van der Waals surface area contributed by atoms with E-state index in [1.807, 2.05) is 0 Å². The number of fused-ring (bicyclic) bond motifs is 1. The average Bonchev–Trinajstić information content (AvgIpc) is 2.33. The Morgan fingerprint density at radius 3 is 3.22 bits per heavy atom. The summed E-state index contributed by atoms with van der Waals surface area (Å²) in [4.78, 5) is 0. The van der Waals surface area contributed by atoms with Gasteiger partial charge in [0, 0.05) is 11.0 Å². The minimum atomic E-state index is 0.628. The molecule has 2 atom stereocenters. The van der Waals surface area contributed by atoms with Crippen molar-refractivity contribution in [2.75, 3.05) is 12.4 Å². The first-order chi connectivity index (χ1) is 4.47. The third-order valence-electron chi connectivity index (χ3n) is 2.14. The molecule has 1 heterocycles. The second kappa shape index (κ2) is 2.51. The Bertz CT molecular complexity index is 93.1. The predicted octanol–water partition coefficient (Wildman–Crippen LogP) is 1.67. The van der Waals surface area contributed by atoms with Crippen molar-refractivity contribution >= 4 is 11.8 Å². The second-order valence-electron chi connectivity index (χ2n) is 2.75. The summed E-state index contributed by atoms with van der Waals surface area (Å²) in [6.07, 6.45) is 4.73. The van der Waals surface area contributed by atoms with Gasteiger partial charge in [-0.2, -0.15) is 11.8 Å². The van der Waals surface area contributed by atoms with E-state index in [1.165, 1.54) is 25.0 Å². The molecule has 52 valence electrons. The van der Waals surface area contributed by atoms with Gasteiger partial charge in [-0.1, -0.05) is 0 Å². The smallest absolute Gasteiger partial charge is 0.0694 e. The van der Waals surface area contributed by atoms with E-state index in [0.29, 0.717) is 6.10 Å². The lowest BCUT2D eigenvalue weighted by Crippen LogP contribution is -2.27. The van der Waals surface area contributed by atoms with Crippen molar-refractivity contribution in [3.63, 3.8) is 0 Å². The van der Waals surface area contributed by atoms with Gasteiger partial charge in [0.25, 0.3) is 0 Å². The Kier molecular flexibility index (Phi) is 1.68. The Morgan fingerprint density at radius 1 is 1.33 bits per heavy atom. The van der Waals surface area contributed by atoms with Gasteiger partial charge in [0.05, 0.1) is 12.7 Å². The highest BCUT2D eigenvalue weighted by atomic mass is 32.2. The molecule has 0 N–H and O–H groups in total. The molecule has 2 rings (SSSR count). The number of hydrogen-bond donors (Lipinski definition) is 0. The van der Waals surface area contributed by atoms with Crippen molar-refractivity contribution in [1.82, 2.24) is 0 Å². The van der Waals surface area contributed by atoms with E-state index in [4.69, 9.17) is 4.74 Å². The predicted molar refractivity (Wildman–Crippen MR) is 39.8 cm³/mol. The molecule has 1 nitrogen and oxygen atoms in total. The molecule has 1 aliphatic carbocycles. The third-order valence-corrected chi connectivity index (χ3v) is 3.51. The van der Waals surface area contributed by atoms with Gasteiger partial charge in [-0.25, -0.2) is 0 Å². The van der Waals surface area contributed by atoms with Gasteiger partial charge in [0.2, 0.25) is 0 Å². The Morgan fingerprint density at radius 2 is 2.33 bits per heavy atom. The van der Waals surface area contributed by atoms with Gasteiger partial charge in [-0.05, 0) is 19.3 Å². The van der Waals surface area contributed by atoms with Crippen molar-refractivity contribution in [3.05, 3.63) is 0 Å². The summed E-state index contributed by atoms with van der Waals surface area (Å²) < 4.78 is 5.58. The van der Waals surface area contributed by atoms with Crippen LogP contribution in [0.3, 0.4) is 0 Å². The van der Waals surface area contributed by atoms with Crippen LogP contribution < -0.4 is 0 Å². The van der Waals surface area contributed by atoms with Gasteiger partial charge in [0.15, 0.2) is 0 Å². The maximum atomic E-state index is 5.58. The summed E-state index contributed by atoms with van der Waals surface area (Å²) in [5.41, 5.74) is 0. The van der Waals surface area contributed by atoms with Crippen LogP contribution in [0.5, 0.6) is 0 Å². The SMILES string of the molecule is C1CC2OCCSC2C1. The Labute approximate surface area is 60.2 Å². The Hall–Kier alpha value is 0.310. The lowest BCUT2D eigenvalue weighted by atomic mass is 10.3. The van der Waals surface area contributed by atoms with E-state index in [1.54, 1.807) is 0 Å². The minimum absolute atomic E-state index is 0.628. The maximum Gasteiger partial charge on any atom is 0.0694 e. The quantitative estimate of drug-likeness (QED) is 0.511. The van der Waals surface area contributed by atoms with Crippen LogP contribution in [0.1, 0.15) is 19.3 Å². The largest absolute Gasteiger partial charge is 0.376 e. The van der Waals surface area contributed by atoms with E-state index >= 15 is 0 Å². The van der Waals surface area contributed by atoms with Gasteiger partial charge in [0.1, 0.15) is 0 Å². The van der Waals surface area contributed by atoms with Gasteiger partial charge < -0.3 is 4.74 Å². The standard InChI is InChI=1S/C7H12OS/c1-2-6-7(3-1)9-5-4-8-6/h6-7H,1-5H2. The zero-order chi connectivity index (χ0) is 6.10. The number of ether oxygens (including phenoxy) is 1. The molecule has 0 amide bonds. The molecule has 2 fully saturated rings. The molecule has 0 aromatic heterocycles. The zero-order valence-corrected chi connectivity index (χ0v) is 6.32. The summed E-state index contributed by atoms with van der Waals surface area (Å²) in [5.74, 6) is 1.22. The van der Waals surface area contributed by atoms with Crippen molar-refractivity contribution in [3.8, 4) is 0 Å². The molecule has 2 unspecified atom stereocenters. The van der Waals surface area contributed by atoms with Crippen LogP contribution in [0.25, 0.3) is 0 Å². The molecule has 0 bridgehead atoms. The summed E-state index contributed by atoms with van der Waals surface area (Å²) >= 11 is 2.11. The van der Waals surface area contributed by atoms with E-state index < -0.39 is 0 Å². The van der Waals surface area contributed by atoms with Crippen molar-refractivity contribution in [1.29, 1.82) is 0 Å². The van der Waals surface area contributed by atoms with E-state index in [-0.39, 0.29) is 0 Å². The van der Waals surface area contributed by atoms with Crippen LogP contribution in [0.2, 0.25) is 0 Å². The van der Waals surface area contributed by atoms with Gasteiger partial charge in [-0.15, -0.1) is 0 Å². The lowest BCUT2D eigenvalue weighted by molar-refractivity contribution is 0.0671. The summed E-state index contributed by atoms with van der Waals surface area (Å²) in [6.45, 7) is 0.992. The van der Waals surface area contributed by atoms with E-state index in [2.05, 4.69) is 11.8 Å². The molecule has 0 aromatic carbocycles. The number of hydrogen-bond acceptors (Lipinski definition) is 2. The van der Waals surface area contributed by atoms with Crippen LogP contribution in [0.15, 0.2) is 0 Å². The maximum absolute atomic E-state index is 5.58. The topological polar surface area (TPSA) is 9.23 Å². The summed E-state index contributed by atoms with van der Waals surface area (Å²) in [7, 11) is 0. The molecule has 1 saturated carbocycles. The zero-order valence-electron chi connectivity index (χ0n) is 5.51. The van der Waals surface area contributed by atoms with Crippen molar-refractivity contribution in [2.24, 2.45) is 0 Å². The fourth-order valence-corrected chi connectivity index (χ4v) is 2.93. The van der Waals surface area contributed by atoms with Crippen molar-refractivity contribution in [2.45, 2.75) is 30.6 Å². The average molecular weight is 144 g/mol.